The molecule has 25 heavy (non-hydrogen) atoms. The van der Waals surface area contributed by atoms with E-state index in [1.54, 1.807) is 23.9 Å². The van der Waals surface area contributed by atoms with E-state index in [0.717, 1.165) is 21.2 Å². The van der Waals surface area contributed by atoms with Crippen LogP contribution in [-0.2, 0) is 10.5 Å². The molecule has 0 aliphatic rings. The van der Waals surface area contributed by atoms with Crippen LogP contribution in [0.5, 0.6) is 0 Å². The molecule has 0 aliphatic heterocycles. The van der Waals surface area contributed by atoms with E-state index in [1.165, 1.54) is 0 Å². The third-order valence-electron chi connectivity index (χ3n) is 3.34. The fraction of sp³-hybridized carbons (Fsp3) is 0.263. The highest BCUT2D eigenvalue weighted by atomic mass is 35.5. The minimum atomic E-state index is -0.325. The number of halogens is 1. The zero-order valence-corrected chi connectivity index (χ0v) is 15.8. The summed E-state index contributed by atoms with van der Waals surface area (Å²) in [5, 5.41) is 0.722. The summed E-state index contributed by atoms with van der Waals surface area (Å²) in [7, 11) is 0. The number of carbonyl (C=O) groups is 2. The van der Waals surface area contributed by atoms with Crippen LogP contribution >= 0.6 is 23.4 Å². The van der Waals surface area contributed by atoms with E-state index in [-0.39, 0.29) is 17.7 Å². The Kier molecular flexibility index (Phi) is 7.34. The highest BCUT2D eigenvalue weighted by molar-refractivity contribution is 7.98. The van der Waals surface area contributed by atoms with Gasteiger partial charge in [0.15, 0.2) is 0 Å². The monoisotopic (exact) mass is 376 g/mol. The summed E-state index contributed by atoms with van der Waals surface area (Å²) in [4.78, 5) is 24.7. The minimum absolute atomic E-state index is 0.195. The van der Waals surface area contributed by atoms with Crippen molar-refractivity contribution in [3.8, 4) is 0 Å². The summed E-state index contributed by atoms with van der Waals surface area (Å²) >= 11 is 7.57. The number of hydrogen-bond acceptors (Lipinski definition) is 3. The lowest BCUT2D eigenvalue weighted by Crippen LogP contribution is -2.41. The van der Waals surface area contributed by atoms with E-state index in [2.05, 4.69) is 10.9 Å². The van der Waals surface area contributed by atoms with Crippen molar-refractivity contribution in [2.75, 3.05) is 0 Å². The number of thioether (sulfide) groups is 1. The lowest BCUT2D eigenvalue weighted by Gasteiger charge is -2.09. The minimum Gasteiger partial charge on any atom is -0.273 e. The van der Waals surface area contributed by atoms with Crippen LogP contribution in [0, 0.1) is 5.92 Å². The zero-order chi connectivity index (χ0) is 18.2. The molecule has 0 atom stereocenters. The van der Waals surface area contributed by atoms with Gasteiger partial charge in [-0.15, -0.1) is 11.8 Å². The first-order chi connectivity index (χ1) is 11.9. The molecule has 2 amide bonds. The molecule has 0 saturated carbocycles. The predicted octanol–water partition coefficient (Wildman–Crippen LogP) is 4.44. The molecule has 4 nitrogen and oxygen atoms in total. The SMILES string of the molecule is CC(C)CC(=O)NNC(=O)c1ccc(CSc2ccc(Cl)cc2)cc1. The van der Waals surface area contributed by atoms with Crippen LogP contribution in [0.25, 0.3) is 0 Å². The molecule has 2 rings (SSSR count). The van der Waals surface area contributed by atoms with Gasteiger partial charge in [0.05, 0.1) is 0 Å². The van der Waals surface area contributed by atoms with Crippen LogP contribution in [0.1, 0.15) is 36.2 Å². The van der Waals surface area contributed by atoms with Crippen molar-refractivity contribution in [3.05, 3.63) is 64.7 Å². The molecule has 2 N–H and O–H groups in total. The summed E-state index contributed by atoms with van der Waals surface area (Å²) in [5.41, 5.74) is 6.47. The summed E-state index contributed by atoms with van der Waals surface area (Å²) in [6, 6.07) is 15.0. The molecule has 0 heterocycles. The van der Waals surface area contributed by atoms with Gasteiger partial charge in [-0.3, -0.25) is 20.4 Å². The molecule has 0 spiro atoms. The van der Waals surface area contributed by atoms with Crippen molar-refractivity contribution in [2.45, 2.75) is 30.9 Å². The van der Waals surface area contributed by atoms with Crippen LogP contribution < -0.4 is 10.9 Å². The molecule has 132 valence electrons. The number of benzene rings is 2. The number of amides is 2. The first kappa shape index (κ1) is 19.3. The molecule has 0 unspecified atom stereocenters. The molecule has 2 aromatic rings. The second-order valence-electron chi connectivity index (χ2n) is 6.04. The average molecular weight is 377 g/mol. The maximum Gasteiger partial charge on any atom is 0.269 e. The van der Waals surface area contributed by atoms with Gasteiger partial charge in [0, 0.05) is 27.7 Å². The Morgan fingerprint density at radius 2 is 1.64 bits per heavy atom. The number of carbonyl (C=O) groups excluding carboxylic acids is 2. The van der Waals surface area contributed by atoms with Crippen LogP contribution in [0.15, 0.2) is 53.4 Å². The van der Waals surface area contributed by atoms with Crippen molar-refractivity contribution in [2.24, 2.45) is 5.92 Å². The smallest absolute Gasteiger partial charge is 0.269 e. The Labute approximate surface area is 157 Å². The molecule has 0 aromatic heterocycles. The summed E-state index contributed by atoms with van der Waals surface area (Å²) < 4.78 is 0. The predicted molar refractivity (Wildman–Crippen MR) is 103 cm³/mol. The first-order valence-corrected chi connectivity index (χ1v) is 9.37. The van der Waals surface area contributed by atoms with Gasteiger partial charge in [-0.2, -0.15) is 0 Å². The maximum atomic E-state index is 12.0. The molecule has 2 aromatic carbocycles. The molecular formula is C19H21ClN2O2S. The standard InChI is InChI=1S/C19H21ClN2O2S/c1-13(2)11-18(23)21-22-19(24)15-5-3-14(4-6-15)12-25-17-9-7-16(20)8-10-17/h3-10,13H,11-12H2,1-2H3,(H,21,23)(H,22,24). The normalized spacial score (nSPS) is 10.6. The Morgan fingerprint density at radius 1 is 1.00 bits per heavy atom. The van der Waals surface area contributed by atoms with Crippen LogP contribution in [0.2, 0.25) is 5.02 Å². The van der Waals surface area contributed by atoms with Gasteiger partial charge < -0.3 is 0 Å². The van der Waals surface area contributed by atoms with E-state index in [9.17, 15) is 9.59 Å². The van der Waals surface area contributed by atoms with Crippen LogP contribution in [0.4, 0.5) is 0 Å². The van der Waals surface area contributed by atoms with E-state index in [1.807, 2.05) is 50.2 Å². The quantitative estimate of drug-likeness (QED) is 0.578. The maximum absolute atomic E-state index is 12.0. The Balaban J connectivity index is 1.83. The zero-order valence-electron chi connectivity index (χ0n) is 14.2. The van der Waals surface area contributed by atoms with Crippen LogP contribution in [-0.4, -0.2) is 11.8 Å². The van der Waals surface area contributed by atoms with Gasteiger partial charge in [-0.05, 0) is 47.9 Å². The second-order valence-corrected chi connectivity index (χ2v) is 7.52. The van der Waals surface area contributed by atoms with Gasteiger partial charge >= 0.3 is 0 Å². The number of rotatable bonds is 6. The van der Waals surface area contributed by atoms with Crippen molar-refractivity contribution < 1.29 is 9.59 Å². The van der Waals surface area contributed by atoms with Gasteiger partial charge in [-0.25, -0.2) is 0 Å². The fourth-order valence-corrected chi connectivity index (χ4v) is 3.05. The van der Waals surface area contributed by atoms with Crippen molar-refractivity contribution in [1.29, 1.82) is 0 Å². The van der Waals surface area contributed by atoms with Gasteiger partial charge in [0.25, 0.3) is 5.91 Å². The number of nitrogens with one attached hydrogen (secondary N) is 2. The average Bonchev–Trinajstić information content (AvgIpc) is 2.59. The lowest BCUT2D eigenvalue weighted by molar-refractivity contribution is -0.122. The Bertz CT molecular complexity index is 715. The van der Waals surface area contributed by atoms with Gasteiger partial charge in [0.1, 0.15) is 0 Å². The van der Waals surface area contributed by atoms with Gasteiger partial charge in [-0.1, -0.05) is 37.6 Å². The molecular weight excluding hydrogens is 356 g/mol. The van der Waals surface area contributed by atoms with Crippen molar-refractivity contribution in [3.63, 3.8) is 0 Å². The summed E-state index contributed by atoms with van der Waals surface area (Å²) in [6.45, 7) is 3.89. The first-order valence-electron chi connectivity index (χ1n) is 8.00. The van der Waals surface area contributed by atoms with Crippen molar-refractivity contribution in [1.82, 2.24) is 10.9 Å². The van der Waals surface area contributed by atoms with Crippen LogP contribution in [0.3, 0.4) is 0 Å². The third kappa shape index (κ3) is 6.80. The second kappa shape index (κ2) is 9.49. The topological polar surface area (TPSA) is 58.2 Å². The molecule has 0 bridgehead atoms. The van der Waals surface area contributed by atoms with E-state index < -0.39 is 0 Å². The molecule has 0 radical (unpaired) electrons. The lowest BCUT2D eigenvalue weighted by atomic mass is 10.1. The van der Waals surface area contributed by atoms with Crippen molar-refractivity contribution >= 4 is 35.2 Å². The summed E-state index contributed by atoms with van der Waals surface area (Å²) in [6.07, 6.45) is 0.376. The van der Waals surface area contributed by atoms with E-state index in [0.29, 0.717) is 12.0 Å². The third-order valence-corrected chi connectivity index (χ3v) is 4.68. The Morgan fingerprint density at radius 3 is 2.24 bits per heavy atom. The highest BCUT2D eigenvalue weighted by Crippen LogP contribution is 2.24. The van der Waals surface area contributed by atoms with E-state index in [4.69, 9.17) is 11.6 Å². The molecule has 6 heteroatoms. The number of hydrogen-bond donors (Lipinski definition) is 2. The molecule has 0 fully saturated rings. The number of hydrazine groups is 1. The van der Waals surface area contributed by atoms with Gasteiger partial charge in [0.2, 0.25) is 5.91 Å². The largest absolute Gasteiger partial charge is 0.273 e. The summed E-state index contributed by atoms with van der Waals surface area (Å²) in [5.74, 6) is 0.525. The molecule has 0 aliphatic carbocycles. The Hall–Kier alpha value is -1.98. The van der Waals surface area contributed by atoms with E-state index >= 15 is 0 Å². The fourth-order valence-electron chi connectivity index (χ4n) is 2.07. The molecule has 0 saturated heterocycles. The highest BCUT2D eigenvalue weighted by Gasteiger charge is 2.08.